The highest BCUT2D eigenvalue weighted by atomic mass is 19.3. The Bertz CT molecular complexity index is 1030. The maximum atomic E-state index is 15.6. The lowest BCUT2D eigenvalue weighted by Crippen LogP contribution is -2.32. The smallest absolute Gasteiger partial charge is 0.284 e. The number of nitrogens with zero attached hydrogens (tertiary/aromatic N) is 1. The van der Waals surface area contributed by atoms with Gasteiger partial charge in [-0.25, -0.2) is 8.78 Å². The molecule has 216 valence electrons. The maximum Gasteiger partial charge on any atom is 0.284 e. The van der Waals surface area contributed by atoms with E-state index in [9.17, 15) is 0 Å². The summed E-state index contributed by atoms with van der Waals surface area (Å²) in [6, 6.07) is 9.08. The molecular formula is C34H48F3NO. The summed E-state index contributed by atoms with van der Waals surface area (Å²) >= 11 is 0. The second kappa shape index (κ2) is 14.0. The van der Waals surface area contributed by atoms with E-state index in [1.165, 1.54) is 63.0 Å². The standard InChI is InChI=1S/C34H48F3NO/c1-4-24(3)11-8-9-12-25-14-16-28(17-15-25)30-21-20-29-23-31(38-33(35)32(29)34(30,36)37)39-22-10-6-7-13-26(5-2)27-18-19-27/h14-17,23-24,26-27,30H,4-13,18-22H2,1-3H3. The number of pyridine rings is 1. The van der Waals surface area contributed by atoms with Crippen LogP contribution in [0.1, 0.15) is 126 Å². The summed E-state index contributed by atoms with van der Waals surface area (Å²) in [5.74, 6) is -2.77. The van der Waals surface area contributed by atoms with E-state index < -0.39 is 23.4 Å². The Morgan fingerprint density at radius 2 is 1.69 bits per heavy atom. The molecule has 3 atom stereocenters. The second-order valence-electron chi connectivity index (χ2n) is 12.2. The number of halogens is 3. The van der Waals surface area contributed by atoms with Gasteiger partial charge in [0.25, 0.3) is 5.92 Å². The number of ether oxygens (including phenoxy) is 1. The Morgan fingerprint density at radius 1 is 0.949 bits per heavy atom. The van der Waals surface area contributed by atoms with Gasteiger partial charge in [0.15, 0.2) is 0 Å². The highest BCUT2D eigenvalue weighted by Crippen LogP contribution is 2.50. The fourth-order valence-corrected chi connectivity index (χ4v) is 6.34. The molecule has 2 aromatic rings. The van der Waals surface area contributed by atoms with E-state index in [1.54, 1.807) is 0 Å². The maximum absolute atomic E-state index is 15.6. The molecule has 1 saturated carbocycles. The number of benzene rings is 1. The van der Waals surface area contributed by atoms with Gasteiger partial charge >= 0.3 is 0 Å². The third-order valence-corrected chi connectivity index (χ3v) is 9.28. The van der Waals surface area contributed by atoms with Crippen molar-refractivity contribution in [1.29, 1.82) is 0 Å². The van der Waals surface area contributed by atoms with Crippen LogP contribution in [0, 0.1) is 23.7 Å². The summed E-state index contributed by atoms with van der Waals surface area (Å²) in [6.45, 7) is 7.22. The van der Waals surface area contributed by atoms with Crippen molar-refractivity contribution < 1.29 is 17.9 Å². The van der Waals surface area contributed by atoms with Gasteiger partial charge in [0.1, 0.15) is 0 Å². The van der Waals surface area contributed by atoms with Crippen LogP contribution >= 0.6 is 0 Å². The lowest BCUT2D eigenvalue weighted by molar-refractivity contribution is -0.0475. The number of hydrogen-bond acceptors (Lipinski definition) is 2. The molecule has 3 unspecified atom stereocenters. The van der Waals surface area contributed by atoms with Gasteiger partial charge in [-0.3, -0.25) is 0 Å². The minimum Gasteiger partial charge on any atom is -0.478 e. The van der Waals surface area contributed by atoms with E-state index in [-0.39, 0.29) is 12.3 Å². The van der Waals surface area contributed by atoms with Crippen molar-refractivity contribution in [2.45, 2.75) is 123 Å². The van der Waals surface area contributed by atoms with Crippen LogP contribution in [0.3, 0.4) is 0 Å². The summed E-state index contributed by atoms with van der Waals surface area (Å²) in [4.78, 5) is 3.81. The molecule has 1 aromatic carbocycles. The first kappa shape index (κ1) is 29.9. The van der Waals surface area contributed by atoms with Crippen LogP contribution in [0.15, 0.2) is 30.3 Å². The van der Waals surface area contributed by atoms with Gasteiger partial charge < -0.3 is 4.74 Å². The SMILES string of the molecule is CCC(C)CCCCc1ccc(C2CCc3cc(OCCCCCC(CC)C4CC4)nc(F)c3C2(F)F)cc1. The zero-order valence-corrected chi connectivity index (χ0v) is 24.3. The molecule has 0 N–H and O–H groups in total. The van der Waals surface area contributed by atoms with Crippen LogP contribution in [-0.4, -0.2) is 11.6 Å². The lowest BCUT2D eigenvalue weighted by Gasteiger charge is -2.33. The van der Waals surface area contributed by atoms with Crippen molar-refractivity contribution in [3.63, 3.8) is 0 Å². The van der Waals surface area contributed by atoms with Gasteiger partial charge in [0.2, 0.25) is 11.8 Å². The van der Waals surface area contributed by atoms with Crippen molar-refractivity contribution in [3.05, 3.63) is 58.5 Å². The molecule has 0 saturated heterocycles. The zero-order chi connectivity index (χ0) is 27.8. The van der Waals surface area contributed by atoms with Crippen LogP contribution < -0.4 is 4.74 Å². The molecule has 39 heavy (non-hydrogen) atoms. The molecule has 0 aliphatic heterocycles. The molecule has 2 aliphatic carbocycles. The number of alkyl halides is 2. The predicted octanol–water partition coefficient (Wildman–Crippen LogP) is 10.2. The Morgan fingerprint density at radius 3 is 2.38 bits per heavy atom. The van der Waals surface area contributed by atoms with Gasteiger partial charge in [0, 0.05) is 6.07 Å². The average Bonchev–Trinajstić information content (AvgIpc) is 3.76. The third-order valence-electron chi connectivity index (χ3n) is 9.28. The topological polar surface area (TPSA) is 22.1 Å². The second-order valence-corrected chi connectivity index (χ2v) is 12.2. The van der Waals surface area contributed by atoms with E-state index >= 15 is 13.2 Å². The Hall–Kier alpha value is -2.04. The third kappa shape index (κ3) is 8.01. The van der Waals surface area contributed by atoms with Gasteiger partial charge in [-0.2, -0.15) is 9.37 Å². The molecule has 0 spiro atoms. The van der Waals surface area contributed by atoms with E-state index in [2.05, 4.69) is 25.8 Å². The van der Waals surface area contributed by atoms with E-state index in [0.717, 1.165) is 43.4 Å². The minimum absolute atomic E-state index is 0.127. The number of fused-ring (bicyclic) bond motifs is 1. The first-order valence-corrected chi connectivity index (χ1v) is 15.6. The Kier molecular flexibility index (Phi) is 10.8. The van der Waals surface area contributed by atoms with Crippen LogP contribution in [0.4, 0.5) is 13.2 Å². The monoisotopic (exact) mass is 543 g/mol. The summed E-state index contributed by atoms with van der Waals surface area (Å²) < 4.78 is 52.0. The van der Waals surface area contributed by atoms with Crippen LogP contribution in [0.2, 0.25) is 0 Å². The van der Waals surface area contributed by atoms with Gasteiger partial charge in [0.05, 0.1) is 18.1 Å². The number of unbranched alkanes of at least 4 members (excludes halogenated alkanes) is 3. The molecule has 2 aliphatic rings. The van der Waals surface area contributed by atoms with Crippen LogP contribution in [0.5, 0.6) is 5.88 Å². The Balaban J connectivity index is 1.29. The van der Waals surface area contributed by atoms with Gasteiger partial charge in [-0.05, 0) is 79.4 Å². The molecule has 5 heteroatoms. The van der Waals surface area contributed by atoms with E-state index in [4.69, 9.17) is 4.74 Å². The molecule has 0 bridgehead atoms. The number of rotatable bonds is 16. The van der Waals surface area contributed by atoms with Crippen molar-refractivity contribution in [2.24, 2.45) is 17.8 Å². The first-order chi connectivity index (χ1) is 18.8. The quantitative estimate of drug-likeness (QED) is 0.155. The average molecular weight is 544 g/mol. The lowest BCUT2D eigenvalue weighted by atomic mass is 9.77. The fraction of sp³-hybridized carbons (Fsp3) is 0.676. The first-order valence-electron chi connectivity index (χ1n) is 15.6. The molecule has 0 radical (unpaired) electrons. The van der Waals surface area contributed by atoms with Crippen molar-refractivity contribution in [2.75, 3.05) is 6.61 Å². The number of aryl methyl sites for hydroxylation is 2. The largest absolute Gasteiger partial charge is 0.478 e. The molecule has 4 rings (SSSR count). The molecule has 0 amide bonds. The molecule has 2 nitrogen and oxygen atoms in total. The molecular weight excluding hydrogens is 495 g/mol. The van der Waals surface area contributed by atoms with E-state index in [1.807, 2.05) is 24.3 Å². The summed E-state index contributed by atoms with van der Waals surface area (Å²) in [7, 11) is 0. The van der Waals surface area contributed by atoms with E-state index in [0.29, 0.717) is 24.2 Å². The van der Waals surface area contributed by atoms with Crippen molar-refractivity contribution >= 4 is 0 Å². The molecule has 1 fully saturated rings. The predicted molar refractivity (Wildman–Crippen MR) is 153 cm³/mol. The van der Waals surface area contributed by atoms with Gasteiger partial charge in [-0.1, -0.05) is 90.0 Å². The van der Waals surface area contributed by atoms with Crippen LogP contribution in [-0.2, 0) is 18.8 Å². The van der Waals surface area contributed by atoms with Crippen molar-refractivity contribution in [1.82, 2.24) is 4.98 Å². The Labute approximate surface area is 234 Å². The summed E-state index contributed by atoms with van der Waals surface area (Å²) in [5, 5.41) is 0. The highest BCUT2D eigenvalue weighted by molar-refractivity contribution is 5.40. The van der Waals surface area contributed by atoms with Crippen LogP contribution in [0.25, 0.3) is 0 Å². The van der Waals surface area contributed by atoms with Gasteiger partial charge in [-0.15, -0.1) is 0 Å². The van der Waals surface area contributed by atoms with Crippen molar-refractivity contribution in [3.8, 4) is 5.88 Å². The summed E-state index contributed by atoms with van der Waals surface area (Å²) in [6.07, 6.45) is 14.8. The number of hydrogen-bond donors (Lipinski definition) is 0. The normalized spacial score (nSPS) is 19.9. The highest BCUT2D eigenvalue weighted by Gasteiger charge is 2.49. The zero-order valence-electron chi connectivity index (χ0n) is 24.3. The summed E-state index contributed by atoms with van der Waals surface area (Å²) in [5.41, 5.74) is 1.52. The molecule has 1 heterocycles. The minimum atomic E-state index is -3.31. The number of aromatic nitrogens is 1. The molecule has 1 aromatic heterocycles. The fourth-order valence-electron chi connectivity index (χ4n) is 6.34.